The molecular weight excluding hydrogens is 867 g/mol. The Balaban J connectivity index is 0.000000172. The van der Waals surface area contributed by atoms with Crippen LogP contribution >= 0.6 is 0 Å². The first kappa shape index (κ1) is 47.9. The molecule has 68 heavy (non-hydrogen) atoms. The molecule has 4 aliphatic heterocycles. The second-order valence-corrected chi connectivity index (χ2v) is 18.3. The van der Waals surface area contributed by atoms with Gasteiger partial charge in [-0.25, -0.2) is 8.78 Å². The maximum absolute atomic E-state index is 13.5. The van der Waals surface area contributed by atoms with E-state index in [2.05, 4.69) is 15.3 Å². The van der Waals surface area contributed by atoms with Crippen LogP contribution in [0.1, 0.15) is 93.6 Å². The van der Waals surface area contributed by atoms with Crippen LogP contribution in [0.25, 0.3) is 21.8 Å². The number of ether oxygens (including phenoxy) is 2. The van der Waals surface area contributed by atoms with Crippen LogP contribution in [-0.4, -0.2) is 115 Å². The number of halogens is 2. The van der Waals surface area contributed by atoms with Crippen LogP contribution in [0.15, 0.2) is 91.3 Å². The molecule has 0 atom stereocenters. The average Bonchev–Trinajstić information content (AvgIpc) is 4.24. The van der Waals surface area contributed by atoms with E-state index in [0.29, 0.717) is 71.5 Å². The Bertz CT molecular complexity index is 2660. The van der Waals surface area contributed by atoms with Crippen molar-refractivity contribution in [2.75, 3.05) is 66.6 Å². The van der Waals surface area contributed by atoms with Crippen molar-refractivity contribution in [2.45, 2.75) is 64.2 Å². The van der Waals surface area contributed by atoms with Crippen LogP contribution in [0.5, 0.6) is 11.5 Å². The Morgan fingerprint density at radius 3 is 1.56 bits per heavy atom. The number of rotatable bonds is 10. The summed E-state index contributed by atoms with van der Waals surface area (Å²) in [6, 6.07) is 22.4. The smallest absolute Gasteiger partial charge is 0.295 e. The number of likely N-dealkylation sites (tertiary alicyclic amines) is 3. The van der Waals surface area contributed by atoms with E-state index in [4.69, 9.17) is 9.47 Å². The molecule has 0 radical (unpaired) electrons. The first-order valence-corrected chi connectivity index (χ1v) is 24.0. The molecule has 0 spiro atoms. The second-order valence-electron chi connectivity index (χ2n) is 18.3. The monoisotopic (exact) mass is 928 g/mol. The van der Waals surface area contributed by atoms with E-state index < -0.39 is 11.7 Å². The SMILES string of the molecule is C1CCNC1.COc1cc2[nH]cc(C(=O)C(=O)N3CCCC3)c2cc1C(=O)N1CCC(Cc2ccc(F)cc2)CC1.COc1cc2[nH]ccc2cc1C(=O)N1CCC(Cc2ccc(F)cc2)CC1. The number of piperidine rings is 2. The summed E-state index contributed by atoms with van der Waals surface area (Å²) in [6.45, 7) is 6.39. The molecule has 4 aliphatic rings. The molecule has 4 aromatic carbocycles. The number of methoxy groups -OCH3 is 2. The number of ketones is 1. The zero-order valence-corrected chi connectivity index (χ0v) is 39.1. The van der Waals surface area contributed by atoms with Gasteiger partial charge < -0.3 is 39.5 Å². The summed E-state index contributed by atoms with van der Waals surface area (Å²) in [4.78, 5) is 63.7. The largest absolute Gasteiger partial charge is 0.496 e. The van der Waals surface area contributed by atoms with Crippen molar-refractivity contribution in [1.29, 1.82) is 0 Å². The number of nitrogens with one attached hydrogen (secondary N) is 3. The van der Waals surface area contributed by atoms with Gasteiger partial charge in [-0.1, -0.05) is 24.3 Å². The zero-order valence-electron chi connectivity index (χ0n) is 39.1. The van der Waals surface area contributed by atoms with Crippen LogP contribution in [0.3, 0.4) is 0 Å². The van der Waals surface area contributed by atoms with Crippen molar-refractivity contribution in [3.05, 3.63) is 131 Å². The normalized spacial score (nSPS) is 16.6. The number of hydrogen-bond donors (Lipinski definition) is 3. The quantitative estimate of drug-likeness (QED) is 0.0921. The average molecular weight is 929 g/mol. The molecule has 358 valence electrons. The predicted molar refractivity (Wildman–Crippen MR) is 259 cm³/mol. The van der Waals surface area contributed by atoms with Gasteiger partial charge in [-0.15, -0.1) is 0 Å². The third-order valence-corrected chi connectivity index (χ3v) is 13.8. The fraction of sp³-hybridized carbons (Fsp3) is 0.407. The molecule has 0 saturated carbocycles. The molecule has 12 nitrogen and oxygen atoms in total. The Hall–Kier alpha value is -6.54. The fourth-order valence-corrected chi connectivity index (χ4v) is 9.82. The molecule has 14 heteroatoms. The van der Waals surface area contributed by atoms with E-state index in [1.165, 1.54) is 63.5 Å². The highest BCUT2D eigenvalue weighted by atomic mass is 19.1. The Morgan fingerprint density at radius 1 is 0.574 bits per heavy atom. The number of aromatic amines is 2. The van der Waals surface area contributed by atoms with Crippen molar-refractivity contribution < 1.29 is 37.4 Å². The van der Waals surface area contributed by atoms with Gasteiger partial charge in [0.25, 0.3) is 23.5 Å². The molecule has 10 rings (SSSR count). The van der Waals surface area contributed by atoms with Crippen molar-refractivity contribution >= 4 is 45.3 Å². The molecule has 4 saturated heterocycles. The van der Waals surface area contributed by atoms with Crippen LogP contribution in [-0.2, 0) is 17.6 Å². The number of carbonyl (C=O) groups excluding carboxylic acids is 4. The lowest BCUT2D eigenvalue weighted by molar-refractivity contribution is -0.125. The minimum absolute atomic E-state index is 0.0233. The van der Waals surface area contributed by atoms with Gasteiger partial charge in [-0.2, -0.15) is 0 Å². The molecule has 4 fully saturated rings. The van der Waals surface area contributed by atoms with E-state index in [1.54, 1.807) is 24.1 Å². The number of hydrogen-bond acceptors (Lipinski definition) is 7. The summed E-state index contributed by atoms with van der Waals surface area (Å²) in [5.41, 5.74) is 5.12. The third kappa shape index (κ3) is 11.6. The van der Waals surface area contributed by atoms with Gasteiger partial charge >= 0.3 is 0 Å². The van der Waals surface area contributed by atoms with E-state index in [1.807, 2.05) is 58.5 Å². The number of carbonyl (C=O) groups is 4. The van der Waals surface area contributed by atoms with E-state index in [0.717, 1.165) is 86.5 Å². The lowest BCUT2D eigenvalue weighted by Gasteiger charge is -2.32. The molecule has 0 unspecified atom stereocenters. The number of H-pyrrole nitrogens is 2. The summed E-state index contributed by atoms with van der Waals surface area (Å²) in [6.07, 6.45) is 13.4. The van der Waals surface area contributed by atoms with Crippen LogP contribution < -0.4 is 14.8 Å². The Kier molecular flexibility index (Phi) is 15.9. The minimum atomic E-state index is -0.562. The maximum atomic E-state index is 13.5. The number of Topliss-reactive ketones (excluding diaryl/α,β-unsaturated/α-hetero) is 1. The summed E-state index contributed by atoms with van der Waals surface area (Å²) >= 11 is 0. The molecule has 0 bridgehead atoms. The summed E-state index contributed by atoms with van der Waals surface area (Å²) < 4.78 is 37.2. The highest BCUT2D eigenvalue weighted by Crippen LogP contribution is 2.32. The topological polar surface area (TPSA) is 140 Å². The van der Waals surface area contributed by atoms with Crippen molar-refractivity contribution in [2.24, 2.45) is 11.8 Å². The second kappa shape index (κ2) is 22.5. The number of benzene rings is 4. The zero-order chi connectivity index (χ0) is 47.6. The van der Waals surface area contributed by atoms with Gasteiger partial charge in [0.15, 0.2) is 0 Å². The van der Waals surface area contributed by atoms with Gasteiger partial charge in [-0.05, 0) is 143 Å². The van der Waals surface area contributed by atoms with Crippen LogP contribution in [0.2, 0.25) is 0 Å². The van der Waals surface area contributed by atoms with Gasteiger partial charge in [0.2, 0.25) is 0 Å². The van der Waals surface area contributed by atoms with Gasteiger partial charge in [0, 0.05) is 85.6 Å². The molecule has 6 heterocycles. The fourth-order valence-electron chi connectivity index (χ4n) is 9.82. The van der Waals surface area contributed by atoms with Crippen molar-refractivity contribution in [3.63, 3.8) is 0 Å². The first-order valence-electron chi connectivity index (χ1n) is 24.0. The van der Waals surface area contributed by atoms with Crippen molar-refractivity contribution in [3.8, 4) is 11.5 Å². The number of aromatic nitrogens is 2. The van der Waals surface area contributed by atoms with Gasteiger partial charge in [0.05, 0.1) is 30.9 Å². The summed E-state index contributed by atoms with van der Waals surface area (Å²) in [5.74, 6) is 0.340. The Labute approximate surface area is 396 Å². The van der Waals surface area contributed by atoms with Gasteiger partial charge in [0.1, 0.15) is 23.1 Å². The number of amides is 3. The predicted octanol–water partition coefficient (Wildman–Crippen LogP) is 9.00. The number of fused-ring (bicyclic) bond motifs is 2. The van der Waals surface area contributed by atoms with Gasteiger partial charge in [-0.3, -0.25) is 19.2 Å². The van der Waals surface area contributed by atoms with E-state index >= 15 is 0 Å². The Morgan fingerprint density at radius 2 is 1.07 bits per heavy atom. The molecule has 3 amide bonds. The summed E-state index contributed by atoms with van der Waals surface area (Å²) in [7, 11) is 3.11. The molecule has 2 aromatic heterocycles. The van der Waals surface area contributed by atoms with E-state index in [-0.39, 0.29) is 29.0 Å². The number of nitrogens with zero attached hydrogens (tertiary/aromatic N) is 3. The highest BCUT2D eigenvalue weighted by molar-refractivity contribution is 6.45. The highest BCUT2D eigenvalue weighted by Gasteiger charge is 2.31. The lowest BCUT2D eigenvalue weighted by atomic mass is 9.90. The lowest BCUT2D eigenvalue weighted by Crippen LogP contribution is -2.39. The first-order chi connectivity index (χ1) is 33.1. The molecule has 6 aromatic rings. The van der Waals surface area contributed by atoms with Crippen LogP contribution in [0, 0.1) is 23.5 Å². The van der Waals surface area contributed by atoms with Crippen molar-refractivity contribution in [1.82, 2.24) is 30.0 Å². The van der Waals surface area contributed by atoms with E-state index in [9.17, 15) is 28.0 Å². The molecule has 3 N–H and O–H groups in total. The standard InChI is InChI=1S/C28H30FN3O4.C22H23FN2O2.C4H9N/c1-36-25-16-24-21(23(17-30-24)26(33)28(35)31-10-2-3-11-31)15-22(25)27(34)32-12-8-19(9-13-32)14-18-4-6-20(29)7-5-18;1-27-21-14-20-17(6-9-24-20)13-19(21)22(26)25-10-7-16(8-11-25)12-15-2-4-18(23)5-3-15;1-2-4-5-3-1/h4-7,15-17,19,30H,2-3,8-14H2,1H3;2-6,9,13-14,16,24H,7-8,10-12H2,1H3;5H,1-4H2. The summed E-state index contributed by atoms with van der Waals surface area (Å²) in [5, 5.41) is 4.77. The molecule has 0 aliphatic carbocycles. The minimum Gasteiger partial charge on any atom is -0.496 e. The van der Waals surface area contributed by atoms with Crippen LogP contribution in [0.4, 0.5) is 8.78 Å². The maximum Gasteiger partial charge on any atom is 0.295 e. The molecular formula is C54H62F2N6O6. The third-order valence-electron chi connectivity index (χ3n) is 13.8.